The highest BCUT2D eigenvalue weighted by atomic mass is 16.5. The summed E-state index contributed by atoms with van der Waals surface area (Å²) in [6.07, 6.45) is 0. The lowest BCUT2D eigenvalue weighted by Crippen LogP contribution is -2.44. The smallest absolute Gasteiger partial charge is 0.269 e. The van der Waals surface area contributed by atoms with Gasteiger partial charge in [-0.05, 0) is 12.8 Å². The maximum absolute atomic E-state index is 12.0. The molecule has 0 spiro atoms. The van der Waals surface area contributed by atoms with Gasteiger partial charge in [0.15, 0.2) is 5.82 Å². The molecule has 6 nitrogen and oxygen atoms in total. The molecule has 20 heavy (non-hydrogen) atoms. The van der Waals surface area contributed by atoms with Gasteiger partial charge in [0.1, 0.15) is 5.69 Å². The van der Waals surface area contributed by atoms with Gasteiger partial charge in [-0.3, -0.25) is 9.48 Å². The molecule has 0 aliphatic carbocycles. The van der Waals surface area contributed by atoms with Gasteiger partial charge >= 0.3 is 0 Å². The first-order valence-corrected chi connectivity index (χ1v) is 7.30. The highest BCUT2D eigenvalue weighted by Gasteiger charge is 2.31. The minimum Gasteiger partial charge on any atom is -0.377 e. The molecule has 110 valence electrons. The van der Waals surface area contributed by atoms with Crippen molar-refractivity contribution >= 4 is 11.7 Å². The Bertz CT molecular complexity index is 511. The van der Waals surface area contributed by atoms with E-state index in [1.807, 2.05) is 10.7 Å². The van der Waals surface area contributed by atoms with Crippen molar-refractivity contribution in [2.45, 2.75) is 32.9 Å². The number of hydrogen-bond acceptors (Lipinski definition) is 4. The molecule has 1 aromatic heterocycles. The minimum atomic E-state index is -0.0263. The average Bonchev–Trinajstić information content (AvgIpc) is 2.84. The molecule has 0 unspecified atom stereocenters. The number of ether oxygens (including phenoxy) is 1. The Balaban J connectivity index is 1.95. The molecule has 3 heterocycles. The van der Waals surface area contributed by atoms with Crippen molar-refractivity contribution in [1.29, 1.82) is 0 Å². The normalized spacial score (nSPS) is 26.6. The Hall–Kier alpha value is -1.56. The van der Waals surface area contributed by atoms with Crippen LogP contribution in [0.3, 0.4) is 0 Å². The Kier molecular flexibility index (Phi) is 3.41. The fourth-order valence-electron chi connectivity index (χ4n) is 2.90. The lowest BCUT2D eigenvalue weighted by atomic mass is 10.0. The number of nitrogens with zero attached hydrogens (tertiary/aromatic N) is 3. The number of amides is 1. The van der Waals surface area contributed by atoms with Crippen LogP contribution in [0, 0.1) is 5.92 Å². The molecule has 3 rings (SSSR count). The van der Waals surface area contributed by atoms with Gasteiger partial charge in [-0.15, -0.1) is 0 Å². The van der Waals surface area contributed by atoms with Crippen molar-refractivity contribution in [2.75, 3.05) is 31.2 Å². The summed E-state index contributed by atoms with van der Waals surface area (Å²) in [4.78, 5) is 14.2. The fraction of sp³-hybridized carbons (Fsp3) is 0.714. The standard InChI is InChI=1S/C14H22N4O2/c1-9(2)12-7-15-14(19)11-6-13(16-18(11)12)17-4-5-20-8-10(17)3/h6,9-10,12H,4-5,7-8H2,1-3H3,(H,15,19)/t10-,12-/m1/s1. The summed E-state index contributed by atoms with van der Waals surface area (Å²) in [5.74, 6) is 1.30. The van der Waals surface area contributed by atoms with E-state index in [0.29, 0.717) is 37.4 Å². The van der Waals surface area contributed by atoms with E-state index in [2.05, 4.69) is 31.0 Å². The van der Waals surface area contributed by atoms with E-state index in [0.717, 1.165) is 12.4 Å². The number of anilines is 1. The van der Waals surface area contributed by atoms with Gasteiger partial charge in [0.2, 0.25) is 0 Å². The van der Waals surface area contributed by atoms with E-state index in [-0.39, 0.29) is 11.9 Å². The number of nitrogens with one attached hydrogen (secondary N) is 1. The highest BCUT2D eigenvalue weighted by Crippen LogP contribution is 2.27. The molecule has 1 fully saturated rings. The summed E-state index contributed by atoms with van der Waals surface area (Å²) in [7, 11) is 0. The van der Waals surface area contributed by atoms with Crippen LogP contribution in [0.25, 0.3) is 0 Å². The van der Waals surface area contributed by atoms with Crippen molar-refractivity contribution in [1.82, 2.24) is 15.1 Å². The molecule has 2 atom stereocenters. The van der Waals surface area contributed by atoms with Crippen molar-refractivity contribution in [3.05, 3.63) is 11.8 Å². The minimum absolute atomic E-state index is 0.0263. The third-order valence-electron chi connectivity index (χ3n) is 4.17. The quantitative estimate of drug-likeness (QED) is 0.878. The number of morpholine rings is 1. The molecular formula is C14H22N4O2. The monoisotopic (exact) mass is 278 g/mol. The predicted octanol–water partition coefficient (Wildman–Crippen LogP) is 1.05. The van der Waals surface area contributed by atoms with Crippen LogP contribution >= 0.6 is 0 Å². The van der Waals surface area contributed by atoms with Crippen LogP contribution in [0.4, 0.5) is 5.82 Å². The number of carbonyl (C=O) groups is 1. The largest absolute Gasteiger partial charge is 0.377 e. The molecule has 0 aromatic carbocycles. The second kappa shape index (κ2) is 5.09. The van der Waals surface area contributed by atoms with Crippen molar-refractivity contribution in [3.63, 3.8) is 0 Å². The van der Waals surface area contributed by atoms with Gasteiger partial charge in [-0.2, -0.15) is 5.10 Å². The molecule has 1 N–H and O–H groups in total. The van der Waals surface area contributed by atoms with Gasteiger partial charge in [0, 0.05) is 19.2 Å². The number of fused-ring (bicyclic) bond motifs is 1. The number of carbonyl (C=O) groups excluding carboxylic acids is 1. The zero-order valence-corrected chi connectivity index (χ0v) is 12.3. The Labute approximate surface area is 119 Å². The summed E-state index contributed by atoms with van der Waals surface area (Å²) in [6.45, 7) is 9.34. The second-order valence-corrected chi connectivity index (χ2v) is 5.97. The third kappa shape index (κ3) is 2.18. The van der Waals surface area contributed by atoms with E-state index in [9.17, 15) is 4.79 Å². The fourth-order valence-corrected chi connectivity index (χ4v) is 2.90. The van der Waals surface area contributed by atoms with Gasteiger partial charge in [0.25, 0.3) is 5.91 Å². The van der Waals surface area contributed by atoms with Crippen molar-refractivity contribution in [2.24, 2.45) is 5.92 Å². The first kappa shape index (κ1) is 13.4. The Morgan fingerprint density at radius 3 is 3.00 bits per heavy atom. The summed E-state index contributed by atoms with van der Waals surface area (Å²) >= 11 is 0. The molecule has 2 aliphatic heterocycles. The first-order valence-electron chi connectivity index (χ1n) is 7.30. The molecule has 1 aromatic rings. The van der Waals surface area contributed by atoms with Crippen LogP contribution in [0.2, 0.25) is 0 Å². The van der Waals surface area contributed by atoms with Gasteiger partial charge in [-0.1, -0.05) is 13.8 Å². The molecular weight excluding hydrogens is 256 g/mol. The lowest BCUT2D eigenvalue weighted by molar-refractivity contribution is 0.0897. The zero-order chi connectivity index (χ0) is 14.3. The highest BCUT2D eigenvalue weighted by molar-refractivity contribution is 5.94. The predicted molar refractivity (Wildman–Crippen MR) is 76.1 cm³/mol. The first-order chi connectivity index (χ1) is 9.58. The maximum atomic E-state index is 12.0. The molecule has 2 aliphatic rings. The van der Waals surface area contributed by atoms with Crippen molar-refractivity contribution < 1.29 is 9.53 Å². The summed E-state index contributed by atoms with van der Waals surface area (Å²) in [5, 5.41) is 7.66. The van der Waals surface area contributed by atoms with Gasteiger partial charge in [-0.25, -0.2) is 0 Å². The molecule has 0 radical (unpaired) electrons. The summed E-state index contributed by atoms with van der Waals surface area (Å²) < 4.78 is 7.36. The molecule has 0 bridgehead atoms. The number of rotatable bonds is 2. The van der Waals surface area contributed by atoms with E-state index < -0.39 is 0 Å². The van der Waals surface area contributed by atoms with E-state index in [1.165, 1.54) is 0 Å². The Morgan fingerprint density at radius 1 is 1.50 bits per heavy atom. The number of hydrogen-bond donors (Lipinski definition) is 1. The topological polar surface area (TPSA) is 59.4 Å². The van der Waals surface area contributed by atoms with E-state index in [4.69, 9.17) is 9.84 Å². The lowest BCUT2D eigenvalue weighted by Gasteiger charge is -2.33. The molecule has 1 saturated heterocycles. The average molecular weight is 278 g/mol. The summed E-state index contributed by atoms with van der Waals surface area (Å²) in [5.41, 5.74) is 0.670. The van der Waals surface area contributed by atoms with Crippen LogP contribution < -0.4 is 10.2 Å². The zero-order valence-electron chi connectivity index (χ0n) is 12.3. The second-order valence-electron chi connectivity index (χ2n) is 5.97. The molecule has 6 heteroatoms. The molecule has 0 saturated carbocycles. The van der Waals surface area contributed by atoms with Crippen LogP contribution in [-0.4, -0.2) is 48.0 Å². The number of aromatic nitrogens is 2. The van der Waals surface area contributed by atoms with Gasteiger partial charge < -0.3 is 15.0 Å². The van der Waals surface area contributed by atoms with Crippen LogP contribution in [-0.2, 0) is 4.74 Å². The van der Waals surface area contributed by atoms with Crippen LogP contribution in [0.1, 0.15) is 37.3 Å². The van der Waals surface area contributed by atoms with Gasteiger partial charge in [0.05, 0.1) is 25.3 Å². The third-order valence-corrected chi connectivity index (χ3v) is 4.17. The summed E-state index contributed by atoms with van der Waals surface area (Å²) in [6, 6.07) is 2.43. The molecule has 1 amide bonds. The SMILES string of the molecule is CC(C)[C@H]1CNC(=O)c2cc(N3CCOC[C@H]3C)nn21. The Morgan fingerprint density at radius 2 is 2.30 bits per heavy atom. The maximum Gasteiger partial charge on any atom is 0.269 e. The van der Waals surface area contributed by atoms with Crippen molar-refractivity contribution in [3.8, 4) is 0 Å². The van der Waals surface area contributed by atoms with E-state index >= 15 is 0 Å². The van der Waals surface area contributed by atoms with E-state index in [1.54, 1.807) is 0 Å². The van der Waals surface area contributed by atoms with Crippen LogP contribution in [0.5, 0.6) is 0 Å². The van der Waals surface area contributed by atoms with Crippen LogP contribution in [0.15, 0.2) is 6.07 Å².